The SMILES string of the molecule is CCn1nc(C)cc1C(=O)Nc1cc(C#N)ccc1Cl. The van der Waals surface area contributed by atoms with Crippen molar-refractivity contribution in [3.63, 3.8) is 0 Å². The first-order valence-corrected chi connectivity index (χ1v) is 6.48. The third-order valence-electron chi connectivity index (χ3n) is 2.78. The molecule has 6 heteroatoms. The maximum absolute atomic E-state index is 12.2. The van der Waals surface area contributed by atoms with E-state index in [1.165, 1.54) is 0 Å². The van der Waals surface area contributed by atoms with E-state index in [1.54, 1.807) is 28.9 Å². The highest BCUT2D eigenvalue weighted by Crippen LogP contribution is 2.23. The lowest BCUT2D eigenvalue weighted by molar-refractivity contribution is 0.101. The third-order valence-corrected chi connectivity index (χ3v) is 3.11. The van der Waals surface area contributed by atoms with Crippen LogP contribution in [0.4, 0.5) is 5.69 Å². The van der Waals surface area contributed by atoms with E-state index in [-0.39, 0.29) is 5.91 Å². The van der Waals surface area contributed by atoms with Crippen LogP contribution in [-0.2, 0) is 6.54 Å². The van der Waals surface area contributed by atoms with Crippen LogP contribution < -0.4 is 5.32 Å². The Hall–Kier alpha value is -2.32. The van der Waals surface area contributed by atoms with Crippen LogP contribution in [0.15, 0.2) is 24.3 Å². The largest absolute Gasteiger partial charge is 0.319 e. The van der Waals surface area contributed by atoms with Crippen molar-refractivity contribution in [2.45, 2.75) is 20.4 Å². The van der Waals surface area contributed by atoms with Gasteiger partial charge in [-0.3, -0.25) is 9.48 Å². The molecule has 0 spiro atoms. The van der Waals surface area contributed by atoms with Gasteiger partial charge in [0, 0.05) is 6.54 Å². The number of halogens is 1. The van der Waals surface area contributed by atoms with Crippen molar-refractivity contribution >= 4 is 23.2 Å². The van der Waals surface area contributed by atoms with Gasteiger partial charge >= 0.3 is 0 Å². The van der Waals surface area contributed by atoms with Gasteiger partial charge in [0.05, 0.1) is 28.0 Å². The summed E-state index contributed by atoms with van der Waals surface area (Å²) in [6.07, 6.45) is 0. The van der Waals surface area contributed by atoms with Gasteiger partial charge < -0.3 is 5.32 Å². The molecule has 1 aromatic carbocycles. The van der Waals surface area contributed by atoms with Crippen molar-refractivity contribution in [2.24, 2.45) is 0 Å². The molecule has 20 heavy (non-hydrogen) atoms. The molecule has 0 saturated heterocycles. The molecule has 0 bridgehead atoms. The molecule has 1 heterocycles. The van der Waals surface area contributed by atoms with Crippen LogP contribution in [0.1, 0.15) is 28.7 Å². The molecule has 0 aliphatic carbocycles. The molecule has 0 saturated carbocycles. The van der Waals surface area contributed by atoms with Gasteiger partial charge in [0.15, 0.2) is 0 Å². The number of nitriles is 1. The normalized spacial score (nSPS) is 10.1. The van der Waals surface area contributed by atoms with Crippen LogP contribution in [-0.4, -0.2) is 15.7 Å². The van der Waals surface area contributed by atoms with Crippen LogP contribution in [0, 0.1) is 18.3 Å². The summed E-state index contributed by atoms with van der Waals surface area (Å²) in [4.78, 5) is 12.2. The molecule has 1 N–H and O–H groups in total. The number of nitrogens with zero attached hydrogens (tertiary/aromatic N) is 3. The van der Waals surface area contributed by atoms with Gasteiger partial charge in [-0.15, -0.1) is 0 Å². The minimum atomic E-state index is -0.301. The number of benzene rings is 1. The lowest BCUT2D eigenvalue weighted by Crippen LogP contribution is -2.17. The maximum Gasteiger partial charge on any atom is 0.273 e. The first kappa shape index (κ1) is 14.1. The number of hydrogen-bond acceptors (Lipinski definition) is 3. The van der Waals surface area contributed by atoms with Crippen molar-refractivity contribution in [3.8, 4) is 6.07 Å². The van der Waals surface area contributed by atoms with Crippen LogP contribution >= 0.6 is 11.6 Å². The Kier molecular flexibility index (Phi) is 4.06. The summed E-state index contributed by atoms with van der Waals surface area (Å²) in [5.74, 6) is -0.301. The summed E-state index contributed by atoms with van der Waals surface area (Å²) in [5.41, 5.74) is 2.08. The summed E-state index contributed by atoms with van der Waals surface area (Å²) in [6.45, 7) is 4.33. The van der Waals surface area contributed by atoms with Gasteiger partial charge in [0.25, 0.3) is 5.91 Å². The van der Waals surface area contributed by atoms with E-state index >= 15 is 0 Å². The Bertz CT molecular complexity index is 700. The fourth-order valence-corrected chi connectivity index (χ4v) is 2.01. The van der Waals surface area contributed by atoms with E-state index < -0.39 is 0 Å². The van der Waals surface area contributed by atoms with Crippen LogP contribution in [0.25, 0.3) is 0 Å². The third kappa shape index (κ3) is 2.81. The minimum absolute atomic E-state index is 0.301. The van der Waals surface area contributed by atoms with E-state index in [9.17, 15) is 4.79 Å². The number of rotatable bonds is 3. The fraction of sp³-hybridized carbons (Fsp3) is 0.214. The molecule has 5 nitrogen and oxygen atoms in total. The zero-order valence-corrected chi connectivity index (χ0v) is 11.9. The van der Waals surface area contributed by atoms with Crippen LogP contribution in [0.2, 0.25) is 5.02 Å². The number of carbonyl (C=O) groups is 1. The molecule has 0 atom stereocenters. The standard InChI is InChI=1S/C14H13ClN4O/c1-3-19-13(6-9(2)18-19)14(20)17-12-7-10(8-16)4-5-11(12)15/h4-7H,3H2,1-2H3,(H,17,20). The quantitative estimate of drug-likeness (QED) is 0.944. The molecule has 102 valence electrons. The van der Waals surface area contributed by atoms with E-state index in [4.69, 9.17) is 16.9 Å². The van der Waals surface area contributed by atoms with Gasteiger partial charge in [-0.25, -0.2) is 0 Å². The highest BCUT2D eigenvalue weighted by Gasteiger charge is 2.14. The van der Waals surface area contributed by atoms with Gasteiger partial charge in [-0.05, 0) is 38.1 Å². The number of aryl methyl sites for hydroxylation is 2. The Morgan fingerprint density at radius 3 is 2.90 bits per heavy atom. The van der Waals surface area contributed by atoms with Crippen molar-refractivity contribution < 1.29 is 4.79 Å². The maximum atomic E-state index is 12.2. The molecule has 0 radical (unpaired) electrons. The number of nitrogens with one attached hydrogen (secondary N) is 1. The lowest BCUT2D eigenvalue weighted by Gasteiger charge is -2.08. The first-order valence-electron chi connectivity index (χ1n) is 6.10. The average molecular weight is 289 g/mol. The van der Waals surface area contributed by atoms with Crippen LogP contribution in [0.5, 0.6) is 0 Å². The summed E-state index contributed by atoms with van der Waals surface area (Å²) >= 11 is 6.02. The van der Waals surface area contributed by atoms with E-state index in [0.717, 1.165) is 5.69 Å². The number of amides is 1. The molecule has 0 fully saturated rings. The molecule has 1 aromatic heterocycles. The fourth-order valence-electron chi connectivity index (χ4n) is 1.85. The van der Waals surface area contributed by atoms with Crippen molar-refractivity contribution in [1.29, 1.82) is 5.26 Å². The first-order chi connectivity index (χ1) is 9.55. The smallest absolute Gasteiger partial charge is 0.273 e. The average Bonchev–Trinajstić information content (AvgIpc) is 2.82. The zero-order valence-electron chi connectivity index (χ0n) is 11.1. The van der Waals surface area contributed by atoms with Gasteiger partial charge in [-0.1, -0.05) is 11.6 Å². The topological polar surface area (TPSA) is 70.7 Å². The second-order valence-corrected chi connectivity index (χ2v) is 4.65. The van der Waals surface area contributed by atoms with E-state index in [1.807, 2.05) is 19.9 Å². The van der Waals surface area contributed by atoms with Crippen LogP contribution in [0.3, 0.4) is 0 Å². The Morgan fingerprint density at radius 2 is 2.25 bits per heavy atom. The monoisotopic (exact) mass is 288 g/mol. The zero-order chi connectivity index (χ0) is 14.7. The lowest BCUT2D eigenvalue weighted by atomic mass is 10.2. The predicted molar refractivity (Wildman–Crippen MR) is 76.8 cm³/mol. The van der Waals surface area contributed by atoms with Crippen molar-refractivity contribution in [1.82, 2.24) is 9.78 Å². The second-order valence-electron chi connectivity index (χ2n) is 4.25. The van der Waals surface area contributed by atoms with Gasteiger partial charge in [0.2, 0.25) is 0 Å². The van der Waals surface area contributed by atoms with Gasteiger partial charge in [0.1, 0.15) is 5.69 Å². The number of aromatic nitrogens is 2. The number of hydrogen-bond donors (Lipinski definition) is 1. The molecule has 0 aliphatic rings. The number of anilines is 1. The van der Waals surface area contributed by atoms with Crippen molar-refractivity contribution in [2.75, 3.05) is 5.32 Å². The predicted octanol–water partition coefficient (Wildman–Crippen LogP) is 2.99. The minimum Gasteiger partial charge on any atom is -0.319 e. The molecular weight excluding hydrogens is 276 g/mol. The Balaban J connectivity index is 2.30. The Labute approximate surface area is 121 Å². The summed E-state index contributed by atoms with van der Waals surface area (Å²) in [6, 6.07) is 8.43. The molecule has 0 unspecified atom stereocenters. The highest BCUT2D eigenvalue weighted by molar-refractivity contribution is 6.34. The molecule has 2 rings (SSSR count). The molecular formula is C14H13ClN4O. The summed E-state index contributed by atoms with van der Waals surface area (Å²) < 4.78 is 1.62. The van der Waals surface area contributed by atoms with Gasteiger partial charge in [-0.2, -0.15) is 10.4 Å². The van der Waals surface area contributed by atoms with E-state index in [0.29, 0.717) is 28.5 Å². The molecule has 0 aliphatic heterocycles. The van der Waals surface area contributed by atoms with E-state index in [2.05, 4.69) is 10.4 Å². The second kappa shape index (κ2) is 5.76. The highest BCUT2D eigenvalue weighted by atomic mass is 35.5. The number of carbonyl (C=O) groups excluding carboxylic acids is 1. The Morgan fingerprint density at radius 1 is 1.50 bits per heavy atom. The summed E-state index contributed by atoms with van der Waals surface area (Å²) in [7, 11) is 0. The molecule has 1 amide bonds. The summed E-state index contributed by atoms with van der Waals surface area (Å²) in [5, 5.41) is 16.2. The molecule has 2 aromatic rings. The van der Waals surface area contributed by atoms with Crippen molar-refractivity contribution in [3.05, 3.63) is 46.2 Å².